The molecule has 6 nitrogen and oxygen atoms in total. The van der Waals surface area contributed by atoms with Crippen molar-refractivity contribution in [2.24, 2.45) is 0 Å². The Morgan fingerprint density at radius 3 is 1.17 bits per heavy atom. The summed E-state index contributed by atoms with van der Waals surface area (Å²) < 4.78 is 16.7. The minimum absolute atomic E-state index is 0.112. The lowest BCUT2D eigenvalue weighted by Crippen LogP contribution is -2.30. The molecular weight excluding hydrogens is 781 g/mol. The first-order valence-corrected chi connectivity index (χ1v) is 25.4. The van der Waals surface area contributed by atoms with Gasteiger partial charge in [-0.1, -0.05) is 201 Å². The molecule has 0 radical (unpaired) electrons. The van der Waals surface area contributed by atoms with Gasteiger partial charge in [-0.15, -0.1) is 0 Å². The molecule has 0 spiro atoms. The topological polar surface area (TPSA) is 78.9 Å². The van der Waals surface area contributed by atoms with Gasteiger partial charge < -0.3 is 14.2 Å². The van der Waals surface area contributed by atoms with Crippen molar-refractivity contribution in [1.82, 2.24) is 0 Å². The van der Waals surface area contributed by atoms with Crippen LogP contribution in [0, 0.1) is 0 Å². The summed E-state index contributed by atoms with van der Waals surface area (Å²) in [5.74, 6) is -0.996. The summed E-state index contributed by atoms with van der Waals surface area (Å²) in [6.45, 7) is 6.30. The standard InChI is InChI=1S/C57H92O6/c1-4-7-10-13-16-19-22-25-27-29-32-35-38-41-44-47-50-56(59)62-53-54(52-61-55(58)49-46-43-40-37-34-31-24-21-18-15-12-9-6-3)63-57(60)51-48-45-42-39-36-33-30-28-26-23-20-17-14-11-8-5-2/h7,9-10,12,15-16,18-19,21,24-25,27-28,30,32-33,35-36,54H,4-6,8,11,13-14,17,20,22-23,26,29,31,34,37-53H2,1-3H3/b10-7-,12-9-,18-15-,19-16-,24-21-,27-25-,30-28-,35-32-,36-33-. The summed E-state index contributed by atoms with van der Waals surface area (Å²) in [7, 11) is 0. The average Bonchev–Trinajstić information content (AvgIpc) is 3.28. The summed E-state index contributed by atoms with van der Waals surface area (Å²) in [6, 6.07) is 0. The number of hydrogen-bond acceptors (Lipinski definition) is 6. The molecule has 0 amide bonds. The number of carbonyl (C=O) groups excluding carboxylic acids is 3. The van der Waals surface area contributed by atoms with Crippen molar-refractivity contribution in [3.63, 3.8) is 0 Å². The molecule has 6 heteroatoms. The van der Waals surface area contributed by atoms with Gasteiger partial charge in [-0.2, -0.15) is 0 Å². The summed E-state index contributed by atoms with van der Waals surface area (Å²) in [5.41, 5.74) is 0. The fourth-order valence-corrected chi connectivity index (χ4v) is 6.54. The molecule has 63 heavy (non-hydrogen) atoms. The van der Waals surface area contributed by atoms with Crippen molar-refractivity contribution in [3.8, 4) is 0 Å². The van der Waals surface area contributed by atoms with Crippen LogP contribution < -0.4 is 0 Å². The minimum Gasteiger partial charge on any atom is -0.462 e. The third-order valence-electron chi connectivity index (χ3n) is 10.3. The Bertz CT molecular complexity index is 1330. The molecule has 0 aromatic carbocycles. The highest BCUT2D eigenvalue weighted by Crippen LogP contribution is 2.12. The fourth-order valence-electron chi connectivity index (χ4n) is 6.54. The highest BCUT2D eigenvalue weighted by Gasteiger charge is 2.19. The van der Waals surface area contributed by atoms with Crippen LogP contribution in [0.1, 0.15) is 213 Å². The van der Waals surface area contributed by atoms with Crippen LogP contribution in [0.5, 0.6) is 0 Å². The van der Waals surface area contributed by atoms with Crippen molar-refractivity contribution in [2.45, 2.75) is 219 Å². The molecule has 0 fully saturated rings. The summed E-state index contributed by atoms with van der Waals surface area (Å²) >= 11 is 0. The maximum atomic E-state index is 12.8. The Kier molecular flexibility index (Phi) is 47.5. The van der Waals surface area contributed by atoms with Crippen molar-refractivity contribution < 1.29 is 28.6 Å². The molecule has 0 saturated heterocycles. The number of rotatable bonds is 44. The lowest BCUT2D eigenvalue weighted by atomic mass is 10.1. The van der Waals surface area contributed by atoms with E-state index < -0.39 is 6.10 Å². The highest BCUT2D eigenvalue weighted by molar-refractivity contribution is 5.71. The second-order valence-corrected chi connectivity index (χ2v) is 16.4. The normalized spacial score (nSPS) is 13.0. The van der Waals surface area contributed by atoms with E-state index in [-0.39, 0.29) is 37.5 Å². The first kappa shape index (κ1) is 59.1. The molecule has 0 aliphatic carbocycles. The third kappa shape index (κ3) is 49.0. The van der Waals surface area contributed by atoms with Gasteiger partial charge in [0.15, 0.2) is 6.10 Å². The number of ether oxygens (including phenoxy) is 3. The van der Waals surface area contributed by atoms with Gasteiger partial charge in [0.05, 0.1) is 0 Å². The second kappa shape index (κ2) is 50.7. The van der Waals surface area contributed by atoms with Crippen LogP contribution in [0.3, 0.4) is 0 Å². The smallest absolute Gasteiger partial charge is 0.306 e. The number of allylic oxidation sites excluding steroid dienone is 18. The Hall–Kier alpha value is -3.93. The minimum atomic E-state index is -0.815. The molecule has 0 N–H and O–H groups in total. The van der Waals surface area contributed by atoms with Crippen LogP contribution >= 0.6 is 0 Å². The highest BCUT2D eigenvalue weighted by atomic mass is 16.6. The van der Waals surface area contributed by atoms with E-state index in [1.54, 1.807) is 0 Å². The van der Waals surface area contributed by atoms with Gasteiger partial charge in [0.1, 0.15) is 13.2 Å². The average molecular weight is 873 g/mol. The molecule has 1 unspecified atom stereocenters. The molecular formula is C57H92O6. The summed E-state index contributed by atoms with van der Waals surface area (Å²) in [5, 5.41) is 0. The van der Waals surface area contributed by atoms with Gasteiger partial charge >= 0.3 is 17.9 Å². The summed E-state index contributed by atoms with van der Waals surface area (Å²) in [4.78, 5) is 37.9. The van der Waals surface area contributed by atoms with E-state index in [2.05, 4.69) is 130 Å². The third-order valence-corrected chi connectivity index (χ3v) is 10.3. The maximum absolute atomic E-state index is 12.8. The van der Waals surface area contributed by atoms with Crippen LogP contribution in [0.4, 0.5) is 0 Å². The maximum Gasteiger partial charge on any atom is 0.306 e. The van der Waals surface area contributed by atoms with Gasteiger partial charge in [0, 0.05) is 19.3 Å². The molecule has 0 aliphatic rings. The van der Waals surface area contributed by atoms with E-state index in [0.29, 0.717) is 12.8 Å². The molecule has 0 aliphatic heterocycles. The van der Waals surface area contributed by atoms with Gasteiger partial charge in [0.2, 0.25) is 0 Å². The van der Waals surface area contributed by atoms with E-state index in [1.165, 1.54) is 44.9 Å². The fraction of sp³-hybridized carbons (Fsp3) is 0.632. The lowest BCUT2D eigenvalue weighted by Gasteiger charge is -2.18. The molecule has 0 saturated carbocycles. The van der Waals surface area contributed by atoms with Gasteiger partial charge in [-0.25, -0.2) is 0 Å². The zero-order valence-electron chi connectivity index (χ0n) is 40.5. The van der Waals surface area contributed by atoms with Crippen LogP contribution in [0.15, 0.2) is 109 Å². The Labute approximate surface area is 387 Å². The summed E-state index contributed by atoms with van der Waals surface area (Å²) in [6.07, 6.45) is 67.9. The first-order chi connectivity index (χ1) is 31.0. The van der Waals surface area contributed by atoms with E-state index in [0.717, 1.165) is 128 Å². The van der Waals surface area contributed by atoms with E-state index in [4.69, 9.17) is 14.2 Å². The first-order valence-electron chi connectivity index (χ1n) is 25.4. The monoisotopic (exact) mass is 873 g/mol. The van der Waals surface area contributed by atoms with Gasteiger partial charge in [-0.05, 0) is 103 Å². The molecule has 0 bridgehead atoms. The van der Waals surface area contributed by atoms with Crippen molar-refractivity contribution in [3.05, 3.63) is 109 Å². The Morgan fingerprint density at radius 2 is 0.698 bits per heavy atom. The number of hydrogen-bond donors (Lipinski definition) is 0. The number of carbonyl (C=O) groups is 3. The lowest BCUT2D eigenvalue weighted by molar-refractivity contribution is -0.167. The van der Waals surface area contributed by atoms with E-state index in [9.17, 15) is 14.4 Å². The van der Waals surface area contributed by atoms with Crippen LogP contribution in [-0.2, 0) is 28.6 Å². The molecule has 356 valence electrons. The number of unbranched alkanes of at least 4 members (excludes halogenated alkanes) is 18. The van der Waals surface area contributed by atoms with E-state index in [1.807, 2.05) is 0 Å². The van der Waals surface area contributed by atoms with E-state index >= 15 is 0 Å². The van der Waals surface area contributed by atoms with Gasteiger partial charge in [0.25, 0.3) is 0 Å². The zero-order valence-corrected chi connectivity index (χ0v) is 40.5. The Balaban J connectivity index is 4.53. The zero-order chi connectivity index (χ0) is 45.8. The second-order valence-electron chi connectivity index (χ2n) is 16.4. The molecule has 1 atom stereocenters. The molecule has 0 heterocycles. The SMILES string of the molecule is CC\C=C/C=C\C=C/CCCCCCCC(=O)OCC(COC(=O)CCCCC/C=C\C/C=C\C/C=C\C/C=C\CC)OC(=O)CCCCC/C=C\C=C/CCCCCCCCC. The Morgan fingerprint density at radius 1 is 0.349 bits per heavy atom. The molecule has 0 aromatic heterocycles. The predicted octanol–water partition coefficient (Wildman–Crippen LogP) is 16.8. The van der Waals surface area contributed by atoms with Crippen molar-refractivity contribution in [1.29, 1.82) is 0 Å². The van der Waals surface area contributed by atoms with Crippen molar-refractivity contribution in [2.75, 3.05) is 13.2 Å². The van der Waals surface area contributed by atoms with Crippen LogP contribution in [0.25, 0.3) is 0 Å². The quantitative estimate of drug-likeness (QED) is 0.0199. The van der Waals surface area contributed by atoms with Crippen molar-refractivity contribution >= 4 is 17.9 Å². The largest absolute Gasteiger partial charge is 0.462 e. The van der Waals surface area contributed by atoms with Gasteiger partial charge in [-0.3, -0.25) is 14.4 Å². The van der Waals surface area contributed by atoms with Crippen LogP contribution in [0.2, 0.25) is 0 Å². The predicted molar refractivity (Wildman–Crippen MR) is 270 cm³/mol. The number of esters is 3. The van der Waals surface area contributed by atoms with Crippen LogP contribution in [-0.4, -0.2) is 37.2 Å². The molecule has 0 aromatic rings. The molecule has 0 rings (SSSR count).